The number of para-hydroxylation sites is 1. The molecule has 0 bridgehead atoms. The molecule has 2 heterocycles. The quantitative estimate of drug-likeness (QED) is 0.724. The highest BCUT2D eigenvalue weighted by Crippen LogP contribution is 2.20. The van der Waals surface area contributed by atoms with Gasteiger partial charge in [-0.1, -0.05) is 17.3 Å². The zero-order chi connectivity index (χ0) is 13.1. The molecule has 0 saturated carbocycles. The predicted molar refractivity (Wildman–Crippen MR) is 70.4 cm³/mol. The molecule has 0 amide bonds. The average molecular weight is 256 g/mol. The molecule has 7 nitrogen and oxygen atoms in total. The van der Waals surface area contributed by atoms with Gasteiger partial charge >= 0.3 is 0 Å². The normalized spacial score (nSPS) is 10.7. The fraction of sp³-hybridized carbons (Fsp3) is 0.167. The lowest BCUT2D eigenvalue weighted by atomic mass is 10.2. The van der Waals surface area contributed by atoms with Crippen LogP contribution in [0.5, 0.6) is 0 Å². The predicted octanol–water partition coefficient (Wildman–Crippen LogP) is 1.25. The molecule has 3 aromatic rings. The van der Waals surface area contributed by atoms with Crippen LogP contribution in [0, 0.1) is 0 Å². The summed E-state index contributed by atoms with van der Waals surface area (Å²) in [6.45, 7) is 0.628. The minimum absolute atomic E-state index is 0.249. The van der Waals surface area contributed by atoms with E-state index in [1.807, 2.05) is 24.3 Å². The maximum Gasteiger partial charge on any atom is 0.228 e. The number of hydrogen-bond acceptors (Lipinski definition) is 7. The zero-order valence-corrected chi connectivity index (χ0v) is 10.1. The van der Waals surface area contributed by atoms with Crippen molar-refractivity contribution in [3.8, 4) is 0 Å². The van der Waals surface area contributed by atoms with Crippen LogP contribution in [0.2, 0.25) is 0 Å². The molecule has 0 aliphatic carbocycles. The summed E-state index contributed by atoms with van der Waals surface area (Å²) in [6, 6.07) is 7.70. The van der Waals surface area contributed by atoms with Crippen molar-refractivity contribution in [2.24, 2.45) is 0 Å². The van der Waals surface area contributed by atoms with Crippen LogP contribution in [0.4, 0.5) is 11.8 Å². The topological polar surface area (TPSA) is 103 Å². The fourth-order valence-corrected chi connectivity index (χ4v) is 1.82. The molecule has 1 aromatic carbocycles. The van der Waals surface area contributed by atoms with E-state index in [9.17, 15) is 0 Å². The molecule has 0 aliphatic heterocycles. The number of nitrogens with zero attached hydrogens (tertiary/aromatic N) is 4. The second-order valence-electron chi connectivity index (χ2n) is 3.96. The fourth-order valence-electron chi connectivity index (χ4n) is 1.82. The van der Waals surface area contributed by atoms with Gasteiger partial charge in [-0.2, -0.15) is 9.97 Å². The van der Waals surface area contributed by atoms with Crippen LogP contribution in [-0.4, -0.2) is 26.7 Å². The summed E-state index contributed by atoms with van der Waals surface area (Å²) < 4.78 is 4.92. The van der Waals surface area contributed by atoms with Crippen LogP contribution in [0.3, 0.4) is 0 Å². The van der Waals surface area contributed by atoms with Crippen molar-refractivity contribution in [2.75, 3.05) is 17.6 Å². The Morgan fingerprint density at radius 2 is 2.11 bits per heavy atom. The molecule has 3 N–H and O–H groups in total. The summed E-state index contributed by atoms with van der Waals surface area (Å²) in [5.74, 6) is 1.54. The van der Waals surface area contributed by atoms with E-state index >= 15 is 0 Å². The van der Waals surface area contributed by atoms with Gasteiger partial charge in [0.25, 0.3) is 0 Å². The lowest BCUT2D eigenvalue weighted by Gasteiger charge is -2.08. The highest BCUT2D eigenvalue weighted by molar-refractivity contribution is 5.89. The van der Waals surface area contributed by atoms with Gasteiger partial charge in [-0.25, -0.2) is 4.98 Å². The second kappa shape index (κ2) is 4.89. The number of nitrogens with one attached hydrogen (secondary N) is 1. The van der Waals surface area contributed by atoms with Crippen LogP contribution >= 0.6 is 0 Å². The lowest BCUT2D eigenvalue weighted by Crippen LogP contribution is -2.09. The number of nitrogens with two attached hydrogens (primary N) is 1. The third kappa shape index (κ3) is 2.44. The van der Waals surface area contributed by atoms with E-state index in [4.69, 9.17) is 10.3 Å². The highest BCUT2D eigenvalue weighted by Gasteiger charge is 2.06. The van der Waals surface area contributed by atoms with Crippen LogP contribution < -0.4 is 11.1 Å². The molecule has 19 heavy (non-hydrogen) atoms. The molecule has 0 aliphatic rings. The molecule has 0 saturated heterocycles. The second-order valence-corrected chi connectivity index (χ2v) is 3.96. The third-order valence-corrected chi connectivity index (χ3v) is 2.66. The van der Waals surface area contributed by atoms with Gasteiger partial charge in [0.2, 0.25) is 11.8 Å². The average Bonchev–Trinajstić information content (AvgIpc) is 2.91. The first-order valence-electron chi connectivity index (χ1n) is 5.84. The number of anilines is 2. The Kier molecular flexibility index (Phi) is 2.93. The van der Waals surface area contributed by atoms with Crippen molar-refractivity contribution in [1.29, 1.82) is 0 Å². The van der Waals surface area contributed by atoms with Crippen molar-refractivity contribution in [3.05, 3.63) is 36.5 Å². The summed E-state index contributed by atoms with van der Waals surface area (Å²) in [5.41, 5.74) is 6.50. The number of hydrogen-bond donors (Lipinski definition) is 2. The molecule has 96 valence electrons. The van der Waals surface area contributed by atoms with Crippen molar-refractivity contribution in [3.63, 3.8) is 0 Å². The summed E-state index contributed by atoms with van der Waals surface area (Å²) in [7, 11) is 0. The molecular weight excluding hydrogens is 244 g/mol. The molecule has 0 atom stereocenters. The Morgan fingerprint density at radius 1 is 1.21 bits per heavy atom. The number of fused-ring (bicyclic) bond motifs is 1. The van der Waals surface area contributed by atoms with Gasteiger partial charge in [0, 0.05) is 18.4 Å². The van der Waals surface area contributed by atoms with Gasteiger partial charge in [-0.05, 0) is 12.1 Å². The van der Waals surface area contributed by atoms with Gasteiger partial charge in [0.1, 0.15) is 5.82 Å². The Hall–Kier alpha value is -2.70. The minimum atomic E-state index is 0.249. The van der Waals surface area contributed by atoms with Crippen LogP contribution in [0.15, 0.2) is 35.1 Å². The Morgan fingerprint density at radius 3 is 2.95 bits per heavy atom. The summed E-state index contributed by atoms with van der Waals surface area (Å²) in [5, 5.41) is 7.69. The highest BCUT2D eigenvalue weighted by atomic mass is 16.5. The number of rotatable bonds is 4. The molecular formula is C12H12N6O. The first kappa shape index (κ1) is 11.4. The van der Waals surface area contributed by atoms with Gasteiger partial charge < -0.3 is 15.6 Å². The molecule has 0 fully saturated rings. The maximum atomic E-state index is 5.69. The summed E-state index contributed by atoms with van der Waals surface area (Å²) in [6.07, 6.45) is 2.01. The first-order chi connectivity index (χ1) is 9.33. The Bertz CT molecular complexity index is 682. The first-order valence-corrected chi connectivity index (χ1v) is 5.84. The third-order valence-electron chi connectivity index (χ3n) is 2.66. The van der Waals surface area contributed by atoms with Gasteiger partial charge in [0.15, 0.2) is 6.33 Å². The standard InChI is InChI=1S/C12H12N6O/c13-12-17-9-4-2-1-3-8(9)11(18-12)14-6-5-10-15-7-16-19-10/h1-4,7H,5-6H2,(H3,13,14,17,18). The van der Waals surface area contributed by atoms with E-state index in [1.54, 1.807) is 0 Å². The van der Waals surface area contributed by atoms with E-state index in [0.717, 1.165) is 10.9 Å². The van der Waals surface area contributed by atoms with Crippen molar-refractivity contribution in [2.45, 2.75) is 6.42 Å². The Balaban J connectivity index is 1.80. The SMILES string of the molecule is Nc1nc(NCCc2ncno2)c2ccccc2n1. The van der Waals surface area contributed by atoms with Crippen molar-refractivity contribution >= 4 is 22.7 Å². The maximum absolute atomic E-state index is 5.69. The monoisotopic (exact) mass is 256 g/mol. The van der Waals surface area contributed by atoms with Gasteiger partial charge in [0.05, 0.1) is 5.52 Å². The van der Waals surface area contributed by atoms with E-state index in [-0.39, 0.29) is 5.95 Å². The lowest BCUT2D eigenvalue weighted by molar-refractivity contribution is 0.380. The smallest absolute Gasteiger partial charge is 0.228 e. The van der Waals surface area contributed by atoms with E-state index < -0.39 is 0 Å². The Labute approximate surface area is 108 Å². The van der Waals surface area contributed by atoms with Crippen molar-refractivity contribution in [1.82, 2.24) is 20.1 Å². The molecule has 7 heteroatoms. The van der Waals surface area contributed by atoms with E-state index in [0.29, 0.717) is 24.7 Å². The zero-order valence-electron chi connectivity index (χ0n) is 10.1. The van der Waals surface area contributed by atoms with Crippen LogP contribution in [0.1, 0.15) is 5.89 Å². The minimum Gasteiger partial charge on any atom is -0.369 e. The molecule has 0 radical (unpaired) electrons. The molecule has 0 unspecified atom stereocenters. The van der Waals surface area contributed by atoms with E-state index in [1.165, 1.54) is 6.33 Å². The number of aromatic nitrogens is 4. The van der Waals surface area contributed by atoms with Gasteiger partial charge in [-0.3, -0.25) is 0 Å². The number of benzene rings is 1. The molecule has 3 rings (SSSR count). The van der Waals surface area contributed by atoms with Gasteiger partial charge in [-0.15, -0.1) is 0 Å². The summed E-state index contributed by atoms with van der Waals surface area (Å²) in [4.78, 5) is 12.3. The number of nitrogen functional groups attached to an aromatic ring is 1. The van der Waals surface area contributed by atoms with Crippen LogP contribution in [-0.2, 0) is 6.42 Å². The van der Waals surface area contributed by atoms with E-state index in [2.05, 4.69) is 25.4 Å². The largest absolute Gasteiger partial charge is 0.369 e. The molecule has 0 spiro atoms. The summed E-state index contributed by atoms with van der Waals surface area (Å²) >= 11 is 0. The van der Waals surface area contributed by atoms with Crippen molar-refractivity contribution < 1.29 is 4.52 Å². The van der Waals surface area contributed by atoms with Crippen LogP contribution in [0.25, 0.3) is 10.9 Å². The molecule has 2 aromatic heterocycles.